The lowest BCUT2D eigenvalue weighted by molar-refractivity contribution is -0.334. The van der Waals surface area contributed by atoms with E-state index in [9.17, 15) is 31.1 Å². The molecule has 0 radical (unpaired) electrons. The van der Waals surface area contributed by atoms with Crippen molar-refractivity contribution >= 4 is 6.16 Å². The second kappa shape index (κ2) is 4.61. The Labute approximate surface area is 92.7 Å². The fourth-order valence-electron chi connectivity index (χ4n) is 0.561. The second-order valence-electron chi connectivity index (χ2n) is 4.02. The first-order chi connectivity index (χ1) is 7.27. The average Bonchev–Trinajstić information content (AvgIpc) is 1.97. The Morgan fingerprint density at radius 2 is 1.47 bits per heavy atom. The van der Waals surface area contributed by atoms with Crippen molar-refractivity contribution < 1.29 is 40.6 Å². The van der Waals surface area contributed by atoms with Gasteiger partial charge < -0.3 is 9.47 Å². The first-order valence-corrected chi connectivity index (χ1v) is 4.25. The normalized spacial score (nSPS) is 15.4. The predicted molar refractivity (Wildman–Crippen MR) is 43.2 cm³/mol. The molecular formula is C8H10F6O3. The number of ether oxygens (including phenoxy) is 2. The lowest BCUT2D eigenvalue weighted by Crippen LogP contribution is -2.47. The largest absolute Gasteiger partial charge is 0.511 e. The van der Waals surface area contributed by atoms with Gasteiger partial charge in [0.15, 0.2) is 0 Å². The highest BCUT2D eigenvalue weighted by atomic mass is 19.4. The molecule has 0 saturated carbocycles. The molecule has 0 aliphatic heterocycles. The summed E-state index contributed by atoms with van der Waals surface area (Å²) in [5.74, 6) is -5.79. The van der Waals surface area contributed by atoms with Crippen LogP contribution in [0.1, 0.15) is 20.8 Å². The monoisotopic (exact) mass is 268 g/mol. The fourth-order valence-corrected chi connectivity index (χ4v) is 0.561. The highest BCUT2D eigenvalue weighted by Gasteiger charge is 2.65. The van der Waals surface area contributed by atoms with Crippen molar-refractivity contribution in [1.29, 1.82) is 0 Å². The summed E-state index contributed by atoms with van der Waals surface area (Å²) >= 11 is 0. The summed E-state index contributed by atoms with van der Waals surface area (Å²) in [5, 5.41) is 0. The zero-order valence-electron chi connectivity index (χ0n) is 9.07. The van der Waals surface area contributed by atoms with Gasteiger partial charge in [0, 0.05) is 0 Å². The van der Waals surface area contributed by atoms with Crippen LogP contribution in [0.3, 0.4) is 0 Å². The van der Waals surface area contributed by atoms with Gasteiger partial charge in [-0.15, -0.1) is 0 Å². The third-order valence-electron chi connectivity index (χ3n) is 1.25. The summed E-state index contributed by atoms with van der Waals surface area (Å²) in [4.78, 5) is 10.7. The summed E-state index contributed by atoms with van der Waals surface area (Å²) in [7, 11) is 0. The van der Waals surface area contributed by atoms with E-state index in [0.717, 1.165) is 0 Å². The van der Waals surface area contributed by atoms with Crippen molar-refractivity contribution in [2.24, 2.45) is 0 Å². The van der Waals surface area contributed by atoms with E-state index in [-0.39, 0.29) is 0 Å². The molecule has 0 rings (SSSR count). The Bertz CT molecular complexity index is 280. The molecule has 0 fully saturated rings. The van der Waals surface area contributed by atoms with Crippen molar-refractivity contribution in [3.8, 4) is 0 Å². The minimum absolute atomic E-state index is 1.20. The van der Waals surface area contributed by atoms with Crippen molar-refractivity contribution in [1.82, 2.24) is 0 Å². The van der Waals surface area contributed by atoms with Crippen LogP contribution in [0.5, 0.6) is 0 Å². The Morgan fingerprint density at radius 3 is 1.76 bits per heavy atom. The lowest BCUT2D eigenvalue weighted by atomic mass is 10.2. The highest BCUT2D eigenvalue weighted by molar-refractivity contribution is 5.60. The molecule has 0 spiro atoms. The smallest absolute Gasteiger partial charge is 0.428 e. The predicted octanol–water partition coefficient (Wildman–Crippen LogP) is 3.43. The lowest BCUT2D eigenvalue weighted by Gasteiger charge is -2.24. The second-order valence-corrected chi connectivity index (χ2v) is 4.02. The summed E-state index contributed by atoms with van der Waals surface area (Å²) in [6, 6.07) is 0. The number of alkyl halides is 6. The van der Waals surface area contributed by atoms with Crippen LogP contribution in [0, 0.1) is 0 Å². The van der Waals surface area contributed by atoms with Gasteiger partial charge in [-0.1, -0.05) is 0 Å². The quantitative estimate of drug-likeness (QED) is 0.568. The molecule has 1 unspecified atom stereocenters. The zero-order chi connectivity index (χ0) is 14.1. The maximum atomic E-state index is 12.5. The number of carbonyl (C=O) groups excluding carboxylic acids is 1. The number of hydrogen-bond donors (Lipinski definition) is 0. The van der Waals surface area contributed by atoms with E-state index >= 15 is 0 Å². The first-order valence-electron chi connectivity index (χ1n) is 4.25. The van der Waals surface area contributed by atoms with Gasteiger partial charge >= 0.3 is 24.6 Å². The maximum Gasteiger partial charge on any atom is 0.511 e. The summed E-state index contributed by atoms with van der Waals surface area (Å²) in [6.07, 6.45) is -12.3. The van der Waals surface area contributed by atoms with Crippen LogP contribution >= 0.6 is 0 Å². The molecule has 17 heavy (non-hydrogen) atoms. The van der Waals surface area contributed by atoms with Gasteiger partial charge in [0.1, 0.15) is 5.60 Å². The fraction of sp³-hybridized carbons (Fsp3) is 0.875. The topological polar surface area (TPSA) is 35.5 Å². The van der Waals surface area contributed by atoms with Crippen molar-refractivity contribution in [2.45, 2.75) is 44.8 Å². The Kier molecular flexibility index (Phi) is 4.30. The van der Waals surface area contributed by atoms with Gasteiger partial charge in [-0.25, -0.2) is 4.79 Å². The summed E-state index contributed by atoms with van der Waals surface area (Å²) in [6.45, 7) is 3.89. The zero-order valence-corrected chi connectivity index (χ0v) is 9.07. The Hall–Kier alpha value is -1.15. The average molecular weight is 268 g/mol. The van der Waals surface area contributed by atoms with E-state index in [1.807, 2.05) is 0 Å². The van der Waals surface area contributed by atoms with Gasteiger partial charge in [0.05, 0.1) is 0 Å². The molecule has 0 bridgehead atoms. The van der Waals surface area contributed by atoms with Gasteiger partial charge in [0.25, 0.3) is 0 Å². The minimum Gasteiger partial charge on any atom is -0.428 e. The first kappa shape index (κ1) is 15.9. The van der Waals surface area contributed by atoms with E-state index in [4.69, 9.17) is 0 Å². The van der Waals surface area contributed by atoms with Crippen molar-refractivity contribution in [3.63, 3.8) is 0 Å². The van der Waals surface area contributed by atoms with E-state index in [1.165, 1.54) is 20.8 Å². The maximum absolute atomic E-state index is 12.5. The molecule has 0 aromatic rings. The minimum atomic E-state index is -6.16. The highest BCUT2D eigenvalue weighted by Crippen LogP contribution is 2.40. The van der Waals surface area contributed by atoms with E-state index < -0.39 is 30.2 Å². The summed E-state index contributed by atoms with van der Waals surface area (Å²) < 4.78 is 79.5. The van der Waals surface area contributed by atoms with Crippen LogP contribution in [0.4, 0.5) is 31.1 Å². The summed E-state index contributed by atoms with van der Waals surface area (Å²) in [5.41, 5.74) is -1.20. The standard InChI is InChI=1S/C8H10F6O3/c1-6(2,3)17-5(15)16-4(9)7(10,11)8(12,13)14/h4H,1-3H3. The third-order valence-corrected chi connectivity index (χ3v) is 1.25. The molecule has 102 valence electrons. The van der Waals surface area contributed by atoms with E-state index in [2.05, 4.69) is 9.47 Å². The van der Waals surface area contributed by atoms with Crippen LogP contribution in [0.25, 0.3) is 0 Å². The van der Waals surface area contributed by atoms with Crippen LogP contribution in [-0.4, -0.2) is 30.2 Å². The van der Waals surface area contributed by atoms with Crippen LogP contribution in [0.15, 0.2) is 0 Å². The Morgan fingerprint density at radius 1 is 1.06 bits per heavy atom. The molecule has 0 aliphatic carbocycles. The van der Waals surface area contributed by atoms with Crippen LogP contribution < -0.4 is 0 Å². The molecule has 0 aromatic heterocycles. The van der Waals surface area contributed by atoms with Gasteiger partial charge in [-0.3, -0.25) is 0 Å². The van der Waals surface area contributed by atoms with Crippen molar-refractivity contribution in [3.05, 3.63) is 0 Å². The molecule has 0 saturated heterocycles. The number of rotatable bonds is 2. The van der Waals surface area contributed by atoms with Gasteiger partial charge in [-0.05, 0) is 20.8 Å². The molecule has 3 nitrogen and oxygen atoms in total. The van der Waals surface area contributed by atoms with E-state index in [0.29, 0.717) is 0 Å². The molecule has 0 aromatic carbocycles. The SMILES string of the molecule is CC(C)(C)OC(=O)OC(F)C(F)(F)C(F)(F)F. The molecule has 1 atom stereocenters. The molecule has 0 aliphatic rings. The third kappa shape index (κ3) is 4.70. The van der Waals surface area contributed by atoms with E-state index in [1.54, 1.807) is 0 Å². The molecular weight excluding hydrogens is 258 g/mol. The van der Waals surface area contributed by atoms with Gasteiger partial charge in [-0.2, -0.15) is 26.3 Å². The molecule has 0 N–H and O–H groups in total. The Balaban J connectivity index is 4.56. The van der Waals surface area contributed by atoms with Crippen molar-refractivity contribution in [2.75, 3.05) is 0 Å². The van der Waals surface area contributed by atoms with Crippen LogP contribution in [-0.2, 0) is 9.47 Å². The number of hydrogen-bond acceptors (Lipinski definition) is 3. The molecule has 0 heterocycles. The number of carbonyl (C=O) groups is 1. The number of halogens is 6. The van der Waals surface area contributed by atoms with Crippen LogP contribution in [0.2, 0.25) is 0 Å². The van der Waals surface area contributed by atoms with Gasteiger partial charge in [0.2, 0.25) is 0 Å². The molecule has 9 heteroatoms. The molecule has 0 amide bonds.